The third-order valence-electron chi connectivity index (χ3n) is 7.24. The van der Waals surface area contributed by atoms with Crippen molar-refractivity contribution in [2.75, 3.05) is 38.0 Å². The van der Waals surface area contributed by atoms with Crippen LogP contribution < -0.4 is 10.1 Å². The molecule has 1 aliphatic heterocycles. The molecule has 2 aromatic carbocycles. The van der Waals surface area contributed by atoms with Crippen molar-refractivity contribution < 1.29 is 22.7 Å². The van der Waals surface area contributed by atoms with Crippen LogP contribution >= 0.6 is 0 Å². The largest absolute Gasteiger partial charge is 0.457 e. The van der Waals surface area contributed by atoms with Gasteiger partial charge in [-0.1, -0.05) is 6.07 Å². The molecule has 0 saturated carbocycles. The summed E-state index contributed by atoms with van der Waals surface area (Å²) in [7, 11) is 1.78. The van der Waals surface area contributed by atoms with Crippen molar-refractivity contribution in [3.8, 4) is 11.5 Å². The smallest absolute Gasteiger partial charge is 0.416 e. The number of benzene rings is 2. The lowest BCUT2D eigenvalue weighted by molar-refractivity contribution is -0.137. The number of aryl methyl sites for hydroxylation is 1. The number of carbonyl (C=O) groups excluding carboxylic acids is 1. The maximum atomic E-state index is 13.1. The molecular formula is C30H33F3N6O2. The van der Waals surface area contributed by atoms with Crippen molar-refractivity contribution in [1.82, 2.24) is 24.3 Å². The molecule has 4 aromatic rings. The standard InChI is InChI=1S/C30H33F3N6O2/c1-20(2)39-13-11-38(12-14-39)19-24(40)16-23-17-26(9-10-34-23)41-25-7-8-28-27(18-25)36-29(37(28)3)35-22-6-4-5-21(15-22)30(31,32)33/h4-10,15,17-18,20H,11-14,16,19H2,1-3H3,(H,35,36). The van der Waals surface area contributed by atoms with E-state index in [9.17, 15) is 18.0 Å². The lowest BCUT2D eigenvalue weighted by Gasteiger charge is -2.36. The molecule has 1 N–H and O–H groups in total. The van der Waals surface area contributed by atoms with E-state index in [0.29, 0.717) is 41.2 Å². The molecule has 0 radical (unpaired) electrons. The lowest BCUT2D eigenvalue weighted by Crippen LogP contribution is -2.50. The highest BCUT2D eigenvalue weighted by atomic mass is 19.4. The average Bonchev–Trinajstić information content (AvgIpc) is 3.22. The topological polar surface area (TPSA) is 75.5 Å². The van der Waals surface area contributed by atoms with Crippen LogP contribution in [-0.2, 0) is 24.4 Å². The van der Waals surface area contributed by atoms with Gasteiger partial charge in [0.1, 0.15) is 11.5 Å². The van der Waals surface area contributed by atoms with Crippen molar-refractivity contribution in [1.29, 1.82) is 0 Å². The van der Waals surface area contributed by atoms with Gasteiger partial charge in [0.2, 0.25) is 5.95 Å². The highest BCUT2D eigenvalue weighted by Crippen LogP contribution is 2.32. The zero-order valence-corrected chi connectivity index (χ0v) is 23.3. The van der Waals surface area contributed by atoms with Crippen LogP contribution in [0.3, 0.4) is 0 Å². The number of aromatic nitrogens is 3. The van der Waals surface area contributed by atoms with E-state index >= 15 is 0 Å². The fourth-order valence-corrected chi connectivity index (χ4v) is 4.95. The van der Waals surface area contributed by atoms with Crippen LogP contribution in [0.1, 0.15) is 25.1 Å². The lowest BCUT2D eigenvalue weighted by atomic mass is 10.1. The molecule has 41 heavy (non-hydrogen) atoms. The summed E-state index contributed by atoms with van der Waals surface area (Å²) in [6, 6.07) is 14.4. The number of ether oxygens (including phenoxy) is 1. The summed E-state index contributed by atoms with van der Waals surface area (Å²) < 4.78 is 47.1. The minimum absolute atomic E-state index is 0.114. The summed E-state index contributed by atoms with van der Waals surface area (Å²) in [6.07, 6.45) is -2.58. The number of hydrogen-bond acceptors (Lipinski definition) is 7. The Morgan fingerprint density at radius 2 is 1.78 bits per heavy atom. The number of halogens is 3. The first-order valence-corrected chi connectivity index (χ1v) is 13.6. The minimum Gasteiger partial charge on any atom is -0.457 e. The number of hydrogen-bond donors (Lipinski definition) is 1. The van der Waals surface area contributed by atoms with Gasteiger partial charge in [-0.15, -0.1) is 0 Å². The summed E-state index contributed by atoms with van der Waals surface area (Å²) in [5.74, 6) is 1.59. The summed E-state index contributed by atoms with van der Waals surface area (Å²) in [5, 5.41) is 2.97. The molecule has 216 valence electrons. The second-order valence-corrected chi connectivity index (χ2v) is 10.6. The van der Waals surface area contributed by atoms with E-state index in [1.54, 1.807) is 48.1 Å². The van der Waals surface area contributed by atoms with Crippen molar-refractivity contribution in [3.63, 3.8) is 0 Å². The molecule has 0 amide bonds. The molecule has 5 rings (SSSR count). The van der Waals surface area contributed by atoms with Gasteiger partial charge in [-0.2, -0.15) is 13.2 Å². The Hall–Kier alpha value is -3.96. The number of anilines is 2. The number of nitrogens with zero attached hydrogens (tertiary/aromatic N) is 5. The zero-order chi connectivity index (χ0) is 29.1. The molecule has 11 heteroatoms. The second-order valence-electron chi connectivity index (χ2n) is 10.6. The van der Waals surface area contributed by atoms with Crippen LogP contribution in [0.5, 0.6) is 11.5 Å². The highest BCUT2D eigenvalue weighted by molar-refractivity contribution is 5.83. The maximum absolute atomic E-state index is 13.1. The van der Waals surface area contributed by atoms with Gasteiger partial charge in [0.05, 0.1) is 35.3 Å². The Balaban J connectivity index is 1.23. The molecule has 0 atom stereocenters. The molecule has 0 bridgehead atoms. The molecule has 3 heterocycles. The number of ketones is 1. The second kappa shape index (κ2) is 11.9. The van der Waals surface area contributed by atoms with Crippen LogP contribution in [0.25, 0.3) is 11.0 Å². The molecule has 1 fully saturated rings. The van der Waals surface area contributed by atoms with Crippen LogP contribution in [0, 0.1) is 0 Å². The monoisotopic (exact) mass is 566 g/mol. The molecule has 0 aliphatic carbocycles. The number of nitrogens with one attached hydrogen (secondary N) is 1. The van der Waals surface area contributed by atoms with E-state index < -0.39 is 11.7 Å². The van der Waals surface area contributed by atoms with Gasteiger partial charge in [-0.05, 0) is 50.2 Å². The van der Waals surface area contributed by atoms with E-state index in [2.05, 4.69) is 38.9 Å². The molecule has 0 spiro atoms. The number of imidazole rings is 1. The number of Topliss-reactive ketones (excluding diaryl/α,β-unsaturated/α-hetero) is 1. The summed E-state index contributed by atoms with van der Waals surface area (Å²) in [5.41, 5.74) is 1.58. The first kappa shape index (κ1) is 28.6. The Labute approximate surface area is 236 Å². The highest BCUT2D eigenvalue weighted by Gasteiger charge is 2.30. The van der Waals surface area contributed by atoms with E-state index in [4.69, 9.17) is 4.74 Å². The summed E-state index contributed by atoms with van der Waals surface area (Å²) in [6.45, 7) is 8.49. The number of pyridine rings is 1. The molecular weight excluding hydrogens is 533 g/mol. The van der Waals surface area contributed by atoms with E-state index in [0.717, 1.165) is 43.8 Å². The van der Waals surface area contributed by atoms with E-state index in [1.165, 1.54) is 6.07 Å². The van der Waals surface area contributed by atoms with Crippen molar-refractivity contribution in [3.05, 3.63) is 72.1 Å². The van der Waals surface area contributed by atoms with Crippen molar-refractivity contribution in [2.24, 2.45) is 7.05 Å². The number of piperazine rings is 1. The van der Waals surface area contributed by atoms with Gasteiger partial charge >= 0.3 is 6.18 Å². The van der Waals surface area contributed by atoms with Gasteiger partial charge in [0.25, 0.3) is 0 Å². The average molecular weight is 567 g/mol. The van der Waals surface area contributed by atoms with Gasteiger partial charge in [0.15, 0.2) is 5.78 Å². The predicted octanol–water partition coefficient (Wildman–Crippen LogP) is 5.66. The predicted molar refractivity (Wildman–Crippen MR) is 152 cm³/mol. The number of rotatable bonds is 9. The van der Waals surface area contributed by atoms with Crippen LogP contribution in [0.4, 0.5) is 24.8 Å². The van der Waals surface area contributed by atoms with E-state index in [1.807, 2.05) is 6.07 Å². The Morgan fingerprint density at radius 3 is 2.51 bits per heavy atom. The Bertz CT molecular complexity index is 1530. The first-order chi connectivity index (χ1) is 19.5. The number of carbonyl (C=O) groups is 1. The molecule has 1 saturated heterocycles. The summed E-state index contributed by atoms with van der Waals surface area (Å²) >= 11 is 0. The van der Waals surface area contributed by atoms with Crippen LogP contribution in [0.15, 0.2) is 60.8 Å². The van der Waals surface area contributed by atoms with Gasteiger partial charge in [-0.3, -0.25) is 19.6 Å². The normalized spacial score (nSPS) is 15.0. The number of fused-ring (bicyclic) bond motifs is 1. The minimum atomic E-state index is -4.43. The molecule has 0 unspecified atom stereocenters. The fraction of sp³-hybridized carbons (Fsp3) is 0.367. The third-order valence-corrected chi connectivity index (χ3v) is 7.24. The van der Waals surface area contributed by atoms with Crippen molar-refractivity contribution in [2.45, 2.75) is 32.5 Å². The van der Waals surface area contributed by atoms with Gasteiger partial charge in [0, 0.05) is 63.3 Å². The van der Waals surface area contributed by atoms with Gasteiger partial charge in [-0.25, -0.2) is 4.98 Å². The Kier molecular flexibility index (Phi) is 8.27. The quantitative estimate of drug-likeness (QED) is 0.280. The van der Waals surface area contributed by atoms with Crippen LogP contribution in [-0.4, -0.2) is 68.9 Å². The Morgan fingerprint density at radius 1 is 1.02 bits per heavy atom. The maximum Gasteiger partial charge on any atom is 0.416 e. The summed E-state index contributed by atoms with van der Waals surface area (Å²) in [4.78, 5) is 26.3. The van der Waals surface area contributed by atoms with Gasteiger partial charge < -0.3 is 14.6 Å². The first-order valence-electron chi connectivity index (χ1n) is 13.6. The van der Waals surface area contributed by atoms with Crippen molar-refractivity contribution >= 4 is 28.5 Å². The third kappa shape index (κ3) is 7.04. The molecule has 2 aromatic heterocycles. The zero-order valence-electron chi connectivity index (χ0n) is 23.3. The van der Waals surface area contributed by atoms with E-state index in [-0.39, 0.29) is 17.9 Å². The number of alkyl halides is 3. The van der Waals surface area contributed by atoms with Crippen LogP contribution in [0.2, 0.25) is 0 Å². The SMILES string of the molecule is CC(C)N1CCN(CC(=O)Cc2cc(Oc3ccc4c(c3)nc(Nc3cccc(C(F)(F)F)c3)n4C)ccn2)CC1. The molecule has 1 aliphatic rings. The fourth-order valence-electron chi connectivity index (χ4n) is 4.95. The molecule has 8 nitrogen and oxygen atoms in total.